The largest absolute Gasteiger partial charge is 0.418 e. The normalized spacial score (nSPS) is 17.8. The fraction of sp³-hybridized carbons (Fsp3) is 0.519. The minimum absolute atomic E-state index is 0.0455. The molecule has 2 heterocycles. The van der Waals surface area contributed by atoms with Gasteiger partial charge in [-0.1, -0.05) is 11.6 Å². The standard InChI is InChI=1S/C27H33ClF3N5O2/c28-20-4-7-23(8-5-20)35-14-2-13-34(17-18-35)12-1-3-26(37)36-15-10-21(11-16-36)32-22-6-9-25(33-38)24(19-22)27(29,30)31/h4-9,19,21,32H,1-3,10-18H2. The van der Waals surface area contributed by atoms with Gasteiger partial charge in [-0.05, 0) is 86.4 Å². The molecule has 2 saturated heterocycles. The zero-order valence-corrected chi connectivity index (χ0v) is 22.0. The first-order valence-electron chi connectivity index (χ1n) is 13.0. The Balaban J connectivity index is 1.17. The number of rotatable bonds is 8. The molecule has 11 heteroatoms. The highest BCUT2D eigenvalue weighted by Crippen LogP contribution is 2.38. The Morgan fingerprint density at radius 3 is 2.42 bits per heavy atom. The molecule has 2 aliphatic heterocycles. The molecule has 0 radical (unpaired) electrons. The summed E-state index contributed by atoms with van der Waals surface area (Å²) < 4.78 is 39.6. The van der Waals surface area contributed by atoms with E-state index in [1.54, 1.807) is 0 Å². The second kappa shape index (κ2) is 12.8. The Labute approximate surface area is 225 Å². The first-order valence-corrected chi connectivity index (χ1v) is 13.4. The van der Waals surface area contributed by atoms with Crippen LogP contribution in [0, 0.1) is 4.91 Å². The Morgan fingerprint density at radius 2 is 1.74 bits per heavy atom. The summed E-state index contributed by atoms with van der Waals surface area (Å²) in [7, 11) is 0. The van der Waals surface area contributed by atoms with E-state index < -0.39 is 17.4 Å². The highest BCUT2D eigenvalue weighted by atomic mass is 35.5. The van der Waals surface area contributed by atoms with Crippen LogP contribution in [0.3, 0.4) is 0 Å². The van der Waals surface area contributed by atoms with Crippen LogP contribution in [0.25, 0.3) is 0 Å². The minimum atomic E-state index is -4.65. The number of nitroso groups, excluding NO2 is 1. The number of anilines is 2. The Morgan fingerprint density at radius 1 is 1.00 bits per heavy atom. The molecule has 0 unspecified atom stereocenters. The van der Waals surface area contributed by atoms with Crippen LogP contribution in [0.4, 0.5) is 30.2 Å². The molecule has 0 spiro atoms. The van der Waals surface area contributed by atoms with Crippen LogP contribution in [-0.2, 0) is 11.0 Å². The molecule has 0 atom stereocenters. The topological polar surface area (TPSA) is 68.2 Å². The van der Waals surface area contributed by atoms with E-state index in [0.717, 1.165) is 62.7 Å². The zero-order chi connectivity index (χ0) is 27.1. The van der Waals surface area contributed by atoms with E-state index in [1.165, 1.54) is 11.8 Å². The maximum absolute atomic E-state index is 13.2. The maximum Gasteiger partial charge on any atom is 0.418 e. The number of carbonyl (C=O) groups is 1. The lowest BCUT2D eigenvalue weighted by Crippen LogP contribution is -2.42. The summed E-state index contributed by atoms with van der Waals surface area (Å²) >= 11 is 6.01. The SMILES string of the molecule is O=Nc1ccc(NC2CCN(C(=O)CCCN3CCCN(c4ccc(Cl)cc4)CC3)CC2)cc1C(F)(F)F. The predicted octanol–water partition coefficient (Wildman–Crippen LogP) is 6.15. The van der Waals surface area contributed by atoms with E-state index in [1.807, 2.05) is 17.0 Å². The first kappa shape index (κ1) is 28.2. The van der Waals surface area contributed by atoms with E-state index in [0.29, 0.717) is 38.0 Å². The smallest absolute Gasteiger partial charge is 0.382 e. The monoisotopic (exact) mass is 551 g/mol. The van der Waals surface area contributed by atoms with E-state index in [-0.39, 0.29) is 11.9 Å². The van der Waals surface area contributed by atoms with E-state index in [9.17, 15) is 22.9 Å². The van der Waals surface area contributed by atoms with Crippen molar-refractivity contribution in [1.82, 2.24) is 9.80 Å². The first-order chi connectivity index (χ1) is 18.2. The van der Waals surface area contributed by atoms with Gasteiger partial charge in [0.05, 0.1) is 5.56 Å². The van der Waals surface area contributed by atoms with Gasteiger partial charge < -0.3 is 20.0 Å². The van der Waals surface area contributed by atoms with Crippen LogP contribution in [0.5, 0.6) is 0 Å². The second-order valence-electron chi connectivity index (χ2n) is 9.88. The molecule has 4 rings (SSSR count). The minimum Gasteiger partial charge on any atom is -0.382 e. The van der Waals surface area contributed by atoms with Crippen LogP contribution in [-0.4, -0.2) is 67.6 Å². The van der Waals surface area contributed by atoms with Gasteiger partial charge in [0, 0.05) is 61.6 Å². The van der Waals surface area contributed by atoms with Crippen LogP contribution in [0.1, 0.15) is 37.7 Å². The van der Waals surface area contributed by atoms with Crippen molar-refractivity contribution in [1.29, 1.82) is 0 Å². The summed E-state index contributed by atoms with van der Waals surface area (Å²) in [6, 6.07) is 11.3. The van der Waals surface area contributed by atoms with Crippen LogP contribution in [0.2, 0.25) is 5.02 Å². The molecule has 1 N–H and O–H groups in total. The van der Waals surface area contributed by atoms with E-state index in [4.69, 9.17) is 11.6 Å². The third-order valence-corrected chi connectivity index (χ3v) is 7.52. The number of piperidine rings is 1. The van der Waals surface area contributed by atoms with Crippen molar-refractivity contribution in [3.8, 4) is 0 Å². The van der Waals surface area contributed by atoms with Gasteiger partial charge in [0.1, 0.15) is 5.69 Å². The number of amides is 1. The van der Waals surface area contributed by atoms with Crippen molar-refractivity contribution >= 4 is 34.6 Å². The third-order valence-electron chi connectivity index (χ3n) is 7.26. The number of alkyl halides is 3. The molecule has 38 heavy (non-hydrogen) atoms. The highest BCUT2D eigenvalue weighted by Gasteiger charge is 2.34. The molecule has 206 valence electrons. The second-order valence-corrected chi connectivity index (χ2v) is 10.3. The highest BCUT2D eigenvalue weighted by molar-refractivity contribution is 6.30. The Hall–Kier alpha value is -2.85. The Kier molecular flexibility index (Phi) is 9.49. The lowest BCUT2D eigenvalue weighted by molar-refractivity contribution is -0.137. The van der Waals surface area contributed by atoms with Gasteiger partial charge in [-0.15, -0.1) is 4.91 Å². The average molecular weight is 552 g/mol. The fourth-order valence-corrected chi connectivity index (χ4v) is 5.28. The van der Waals surface area contributed by atoms with Crippen molar-refractivity contribution < 1.29 is 18.0 Å². The summed E-state index contributed by atoms with van der Waals surface area (Å²) in [5.41, 5.74) is -0.198. The van der Waals surface area contributed by atoms with Gasteiger partial charge in [0.25, 0.3) is 0 Å². The lowest BCUT2D eigenvalue weighted by Gasteiger charge is -2.33. The Bertz CT molecular complexity index is 1090. The summed E-state index contributed by atoms with van der Waals surface area (Å²) in [5.74, 6) is 0.127. The van der Waals surface area contributed by atoms with Gasteiger partial charge in [0.15, 0.2) is 0 Å². The van der Waals surface area contributed by atoms with Gasteiger partial charge in [0.2, 0.25) is 5.91 Å². The van der Waals surface area contributed by atoms with Gasteiger partial charge in [-0.3, -0.25) is 4.79 Å². The zero-order valence-electron chi connectivity index (χ0n) is 21.2. The molecule has 0 saturated carbocycles. The van der Waals surface area contributed by atoms with Crippen molar-refractivity contribution in [2.24, 2.45) is 5.18 Å². The summed E-state index contributed by atoms with van der Waals surface area (Å²) in [4.78, 5) is 30.1. The number of benzene rings is 2. The number of nitrogens with one attached hydrogen (secondary N) is 1. The molecular formula is C27H33ClF3N5O2. The molecule has 0 aliphatic carbocycles. The fourth-order valence-electron chi connectivity index (χ4n) is 5.16. The van der Waals surface area contributed by atoms with Gasteiger partial charge in [-0.25, -0.2) is 0 Å². The molecular weight excluding hydrogens is 519 g/mol. The predicted molar refractivity (Wildman–Crippen MR) is 144 cm³/mol. The molecule has 2 aliphatic rings. The number of carbonyl (C=O) groups excluding carboxylic acids is 1. The quantitative estimate of drug-likeness (QED) is 0.398. The summed E-state index contributed by atoms with van der Waals surface area (Å²) in [6.45, 7) is 5.91. The van der Waals surface area contributed by atoms with Gasteiger partial charge in [-0.2, -0.15) is 13.2 Å². The average Bonchev–Trinajstić information content (AvgIpc) is 3.15. The van der Waals surface area contributed by atoms with Crippen LogP contribution >= 0.6 is 11.6 Å². The summed E-state index contributed by atoms with van der Waals surface area (Å²) in [5, 5.41) is 6.33. The van der Waals surface area contributed by atoms with Crippen LogP contribution < -0.4 is 10.2 Å². The number of halogens is 4. The van der Waals surface area contributed by atoms with Gasteiger partial charge >= 0.3 is 6.18 Å². The number of hydrogen-bond donors (Lipinski definition) is 1. The summed E-state index contributed by atoms with van der Waals surface area (Å²) in [6.07, 6.45) is -1.00. The maximum atomic E-state index is 13.2. The van der Waals surface area contributed by atoms with E-state index >= 15 is 0 Å². The molecule has 0 aromatic heterocycles. The molecule has 1 amide bonds. The molecule has 0 bridgehead atoms. The van der Waals surface area contributed by atoms with Crippen molar-refractivity contribution in [3.05, 3.63) is 58.0 Å². The number of hydrogen-bond acceptors (Lipinski definition) is 6. The van der Waals surface area contributed by atoms with Crippen molar-refractivity contribution in [3.63, 3.8) is 0 Å². The van der Waals surface area contributed by atoms with Crippen molar-refractivity contribution in [2.45, 2.75) is 44.3 Å². The van der Waals surface area contributed by atoms with E-state index in [2.05, 4.69) is 32.4 Å². The van der Waals surface area contributed by atoms with Crippen LogP contribution in [0.15, 0.2) is 47.6 Å². The molecule has 2 aromatic rings. The number of likely N-dealkylation sites (tertiary alicyclic amines) is 1. The lowest BCUT2D eigenvalue weighted by atomic mass is 10.0. The molecule has 2 aromatic carbocycles. The third kappa shape index (κ3) is 7.60. The molecule has 7 nitrogen and oxygen atoms in total. The molecule has 2 fully saturated rings. The number of nitrogens with zero attached hydrogens (tertiary/aromatic N) is 4. The van der Waals surface area contributed by atoms with Crippen molar-refractivity contribution in [2.75, 3.05) is 56.0 Å².